The zero-order valence-corrected chi connectivity index (χ0v) is 17.8. The van der Waals surface area contributed by atoms with E-state index in [1.807, 2.05) is 35.0 Å². The number of nitrogens with zero attached hydrogens (tertiary/aromatic N) is 6. The highest BCUT2D eigenvalue weighted by Gasteiger charge is 2.34. The lowest BCUT2D eigenvalue weighted by Gasteiger charge is -2.41. The van der Waals surface area contributed by atoms with Crippen LogP contribution in [0.4, 0.5) is 4.39 Å². The first-order valence-electron chi connectivity index (χ1n) is 11.3. The van der Waals surface area contributed by atoms with Crippen molar-refractivity contribution in [2.45, 2.75) is 44.3 Å². The summed E-state index contributed by atoms with van der Waals surface area (Å²) >= 11 is 0. The lowest BCUT2D eigenvalue weighted by Crippen LogP contribution is -2.51. The van der Waals surface area contributed by atoms with Gasteiger partial charge in [-0.15, -0.1) is 5.10 Å². The normalized spacial score (nSPS) is 19.6. The van der Waals surface area contributed by atoms with E-state index in [9.17, 15) is 4.39 Å². The summed E-state index contributed by atoms with van der Waals surface area (Å²) in [5.41, 5.74) is 1.76. The predicted molar refractivity (Wildman–Crippen MR) is 117 cm³/mol. The quantitative estimate of drug-likeness (QED) is 0.611. The van der Waals surface area contributed by atoms with Crippen LogP contribution in [0.15, 0.2) is 54.6 Å². The van der Waals surface area contributed by atoms with Crippen molar-refractivity contribution >= 4 is 0 Å². The number of halogens is 1. The topological polar surface area (TPSA) is 50.1 Å². The van der Waals surface area contributed by atoms with E-state index in [2.05, 4.69) is 37.5 Å². The van der Waals surface area contributed by atoms with Crippen LogP contribution in [0.25, 0.3) is 0 Å². The van der Waals surface area contributed by atoms with E-state index >= 15 is 0 Å². The highest BCUT2D eigenvalue weighted by atomic mass is 19.1. The molecule has 1 aliphatic carbocycles. The zero-order valence-electron chi connectivity index (χ0n) is 17.8. The monoisotopic (exact) mass is 420 g/mol. The molecule has 2 aliphatic rings. The third-order valence-electron chi connectivity index (χ3n) is 6.73. The van der Waals surface area contributed by atoms with Gasteiger partial charge in [0.15, 0.2) is 5.82 Å². The minimum absolute atomic E-state index is 0.208. The highest BCUT2D eigenvalue weighted by Crippen LogP contribution is 2.32. The van der Waals surface area contributed by atoms with Crippen molar-refractivity contribution in [3.63, 3.8) is 0 Å². The van der Waals surface area contributed by atoms with Gasteiger partial charge in [-0.1, -0.05) is 61.4 Å². The van der Waals surface area contributed by atoms with Crippen molar-refractivity contribution < 1.29 is 4.39 Å². The van der Waals surface area contributed by atoms with Crippen molar-refractivity contribution in [3.05, 3.63) is 77.4 Å². The zero-order chi connectivity index (χ0) is 21.0. The standard InChI is InChI=1S/C24H29FN6/c25-22-13-7-6-12-21(22)23(30-16-14-29(15-17-30)20-10-4-5-11-20)24-26-27-28-31(24)18-19-8-2-1-3-9-19/h1-3,6-9,12-13,20,23H,4-5,10-11,14-18H2. The van der Waals surface area contributed by atoms with Crippen molar-refractivity contribution in [2.75, 3.05) is 26.2 Å². The molecule has 0 amide bonds. The number of benzene rings is 2. The summed E-state index contributed by atoms with van der Waals surface area (Å²) in [4.78, 5) is 4.96. The fourth-order valence-corrected chi connectivity index (χ4v) is 5.10. The average Bonchev–Trinajstić information content (AvgIpc) is 3.50. The van der Waals surface area contributed by atoms with Crippen molar-refractivity contribution in [3.8, 4) is 0 Å². The summed E-state index contributed by atoms with van der Waals surface area (Å²) in [6.07, 6.45) is 5.31. The molecule has 0 radical (unpaired) electrons. The van der Waals surface area contributed by atoms with Crippen LogP contribution in [-0.2, 0) is 6.54 Å². The Hall–Kier alpha value is -2.64. The van der Waals surface area contributed by atoms with E-state index < -0.39 is 0 Å². The van der Waals surface area contributed by atoms with Crippen LogP contribution in [0.5, 0.6) is 0 Å². The van der Waals surface area contributed by atoms with Gasteiger partial charge < -0.3 is 0 Å². The third kappa shape index (κ3) is 4.38. The molecule has 1 aromatic heterocycles. The molecule has 7 heteroatoms. The molecule has 2 fully saturated rings. The summed E-state index contributed by atoms with van der Waals surface area (Å²) in [6.45, 7) is 4.35. The number of rotatable bonds is 6. The largest absolute Gasteiger partial charge is 0.298 e. The molecule has 1 saturated heterocycles. The highest BCUT2D eigenvalue weighted by molar-refractivity contribution is 5.27. The van der Waals surface area contributed by atoms with E-state index in [1.165, 1.54) is 31.7 Å². The van der Waals surface area contributed by atoms with Gasteiger partial charge in [-0.25, -0.2) is 9.07 Å². The van der Waals surface area contributed by atoms with Crippen LogP contribution >= 0.6 is 0 Å². The van der Waals surface area contributed by atoms with Crippen LogP contribution < -0.4 is 0 Å². The summed E-state index contributed by atoms with van der Waals surface area (Å²) in [5, 5.41) is 12.6. The molecule has 1 aliphatic heterocycles. The molecular weight excluding hydrogens is 391 g/mol. The van der Waals surface area contributed by atoms with E-state index in [0.29, 0.717) is 17.9 Å². The number of hydrogen-bond acceptors (Lipinski definition) is 5. The smallest absolute Gasteiger partial charge is 0.173 e. The van der Waals surface area contributed by atoms with Crippen LogP contribution in [0.3, 0.4) is 0 Å². The molecule has 2 aromatic carbocycles. The Morgan fingerprint density at radius 2 is 1.61 bits per heavy atom. The molecule has 31 heavy (non-hydrogen) atoms. The van der Waals surface area contributed by atoms with E-state index in [4.69, 9.17) is 0 Å². The minimum Gasteiger partial charge on any atom is -0.298 e. The third-order valence-corrected chi connectivity index (χ3v) is 6.73. The first kappa shape index (κ1) is 20.3. The Balaban J connectivity index is 1.43. The first-order valence-corrected chi connectivity index (χ1v) is 11.3. The second kappa shape index (κ2) is 9.24. The molecule has 0 N–H and O–H groups in total. The molecule has 6 nitrogen and oxygen atoms in total. The Bertz CT molecular complexity index is 976. The molecule has 1 unspecified atom stereocenters. The molecule has 162 valence electrons. The minimum atomic E-state index is -0.300. The number of hydrogen-bond donors (Lipinski definition) is 0. The Kier molecular flexibility index (Phi) is 6.04. The van der Waals surface area contributed by atoms with Crippen molar-refractivity contribution in [1.82, 2.24) is 30.0 Å². The Morgan fingerprint density at radius 1 is 0.903 bits per heavy atom. The number of piperazine rings is 1. The second-order valence-electron chi connectivity index (χ2n) is 8.61. The van der Waals surface area contributed by atoms with Crippen LogP contribution in [0.1, 0.15) is 48.7 Å². The summed E-state index contributed by atoms with van der Waals surface area (Å²) in [6, 6.07) is 17.6. The fourth-order valence-electron chi connectivity index (χ4n) is 5.10. The lowest BCUT2D eigenvalue weighted by atomic mass is 10.0. The molecule has 0 spiro atoms. The number of aromatic nitrogens is 4. The Labute approximate surface area is 182 Å². The maximum atomic E-state index is 15.0. The van der Waals surface area contributed by atoms with Gasteiger partial charge >= 0.3 is 0 Å². The summed E-state index contributed by atoms with van der Waals surface area (Å²) in [7, 11) is 0. The van der Waals surface area contributed by atoms with Gasteiger partial charge in [0.05, 0.1) is 6.54 Å². The molecular formula is C24H29FN6. The first-order chi connectivity index (χ1) is 15.3. The van der Waals surface area contributed by atoms with Gasteiger partial charge in [-0.2, -0.15) is 0 Å². The molecule has 3 aromatic rings. The molecule has 5 rings (SSSR count). The molecule has 1 atom stereocenters. The SMILES string of the molecule is Fc1ccccc1C(c1nnnn1Cc1ccccc1)N1CCN(C2CCCC2)CC1. The van der Waals surface area contributed by atoms with Gasteiger partial charge in [0.2, 0.25) is 0 Å². The van der Waals surface area contributed by atoms with Gasteiger partial charge in [0.25, 0.3) is 0 Å². The predicted octanol–water partition coefficient (Wildman–Crippen LogP) is 3.51. The summed E-state index contributed by atoms with van der Waals surface area (Å²) in [5.74, 6) is 0.489. The molecule has 1 saturated carbocycles. The second-order valence-corrected chi connectivity index (χ2v) is 8.61. The van der Waals surface area contributed by atoms with Crippen LogP contribution in [0, 0.1) is 5.82 Å². The van der Waals surface area contributed by atoms with Gasteiger partial charge in [0.1, 0.15) is 11.9 Å². The molecule has 0 bridgehead atoms. The Morgan fingerprint density at radius 3 is 2.35 bits per heavy atom. The van der Waals surface area contributed by atoms with Crippen LogP contribution in [0.2, 0.25) is 0 Å². The summed E-state index contributed by atoms with van der Waals surface area (Å²) < 4.78 is 16.8. The van der Waals surface area contributed by atoms with E-state index in [1.54, 1.807) is 6.07 Å². The average molecular weight is 421 g/mol. The fraction of sp³-hybridized carbons (Fsp3) is 0.458. The van der Waals surface area contributed by atoms with Crippen LogP contribution in [-0.4, -0.2) is 62.2 Å². The maximum absolute atomic E-state index is 15.0. The van der Waals surface area contributed by atoms with Crippen molar-refractivity contribution in [2.24, 2.45) is 0 Å². The molecule has 2 heterocycles. The van der Waals surface area contributed by atoms with E-state index in [0.717, 1.165) is 37.8 Å². The lowest BCUT2D eigenvalue weighted by molar-refractivity contribution is 0.0762. The number of tetrazole rings is 1. The maximum Gasteiger partial charge on any atom is 0.173 e. The van der Waals surface area contributed by atoms with E-state index in [-0.39, 0.29) is 11.9 Å². The van der Waals surface area contributed by atoms with Crippen molar-refractivity contribution in [1.29, 1.82) is 0 Å². The van der Waals surface area contributed by atoms with Gasteiger partial charge in [-0.3, -0.25) is 9.80 Å². The van der Waals surface area contributed by atoms with Gasteiger partial charge in [0, 0.05) is 37.8 Å². The van der Waals surface area contributed by atoms with Gasteiger partial charge in [-0.05, 0) is 34.9 Å².